The van der Waals surface area contributed by atoms with E-state index in [0.29, 0.717) is 5.15 Å². The largest absolute Gasteiger partial charge is 0.384 e. The molecule has 0 atom stereocenters. The molecule has 2 aromatic heterocycles. The summed E-state index contributed by atoms with van der Waals surface area (Å²) in [4.78, 5) is 0. The van der Waals surface area contributed by atoms with Gasteiger partial charge in [0, 0.05) is 31.5 Å². The van der Waals surface area contributed by atoms with Gasteiger partial charge in [-0.1, -0.05) is 11.6 Å². The first-order valence-corrected chi connectivity index (χ1v) is 5.42. The van der Waals surface area contributed by atoms with Crippen molar-refractivity contribution in [2.45, 2.75) is 13.0 Å². The molecule has 16 heavy (non-hydrogen) atoms. The van der Waals surface area contributed by atoms with Gasteiger partial charge < -0.3 is 5.32 Å². The second-order valence-corrected chi connectivity index (χ2v) is 3.70. The molecule has 0 radical (unpaired) electrons. The van der Waals surface area contributed by atoms with E-state index >= 15 is 0 Å². The minimum absolute atomic E-state index is 0.400. The molecule has 0 saturated heterocycles. The van der Waals surface area contributed by atoms with Crippen LogP contribution in [0.1, 0.15) is 6.42 Å². The summed E-state index contributed by atoms with van der Waals surface area (Å²) < 4.78 is 1.90. The molecule has 0 amide bonds. The van der Waals surface area contributed by atoms with E-state index in [1.165, 1.54) is 0 Å². The number of aromatic nitrogens is 4. The van der Waals surface area contributed by atoms with Gasteiger partial charge in [0.1, 0.15) is 0 Å². The Morgan fingerprint density at radius 3 is 3.12 bits per heavy atom. The minimum atomic E-state index is 0.400. The molecule has 0 aliphatic rings. The predicted molar refractivity (Wildman–Crippen MR) is 62.4 cm³/mol. The number of nitrogens with zero attached hydrogens (tertiary/aromatic N) is 4. The molecule has 0 aliphatic heterocycles. The molecule has 5 nitrogen and oxygen atoms in total. The van der Waals surface area contributed by atoms with Gasteiger partial charge in [-0.2, -0.15) is 10.2 Å². The van der Waals surface area contributed by atoms with Crippen LogP contribution in [0, 0.1) is 0 Å². The van der Waals surface area contributed by atoms with Gasteiger partial charge in [-0.05, 0) is 12.5 Å². The van der Waals surface area contributed by atoms with E-state index in [1.807, 2.05) is 16.9 Å². The lowest BCUT2D eigenvalue weighted by molar-refractivity contribution is 0.591. The maximum absolute atomic E-state index is 5.71. The van der Waals surface area contributed by atoms with Gasteiger partial charge in [0.2, 0.25) is 0 Å². The van der Waals surface area contributed by atoms with Crippen LogP contribution in [-0.2, 0) is 6.54 Å². The van der Waals surface area contributed by atoms with Gasteiger partial charge >= 0.3 is 0 Å². The lowest BCUT2D eigenvalue weighted by Gasteiger charge is -2.05. The molecular formula is C10H12ClN5. The maximum atomic E-state index is 5.71. The van der Waals surface area contributed by atoms with Crippen LogP contribution in [0.2, 0.25) is 5.15 Å². The third kappa shape index (κ3) is 3.20. The summed E-state index contributed by atoms with van der Waals surface area (Å²) in [5, 5.41) is 15.2. The lowest BCUT2D eigenvalue weighted by Crippen LogP contribution is -2.07. The van der Waals surface area contributed by atoms with Crippen LogP contribution in [0.15, 0.2) is 30.7 Å². The van der Waals surface area contributed by atoms with E-state index in [0.717, 1.165) is 25.2 Å². The second kappa shape index (κ2) is 5.46. The van der Waals surface area contributed by atoms with Crippen molar-refractivity contribution in [2.24, 2.45) is 0 Å². The Balaban J connectivity index is 1.72. The first-order chi connectivity index (χ1) is 7.84. The van der Waals surface area contributed by atoms with Gasteiger partial charge in [-0.25, -0.2) is 0 Å². The van der Waals surface area contributed by atoms with Gasteiger partial charge in [-0.15, -0.1) is 5.10 Å². The molecule has 84 valence electrons. The van der Waals surface area contributed by atoms with Crippen LogP contribution >= 0.6 is 11.6 Å². The fourth-order valence-electron chi connectivity index (χ4n) is 1.34. The molecule has 0 aliphatic carbocycles. The van der Waals surface area contributed by atoms with Crippen LogP contribution < -0.4 is 5.32 Å². The van der Waals surface area contributed by atoms with Crippen LogP contribution in [0.5, 0.6) is 0 Å². The Morgan fingerprint density at radius 2 is 2.38 bits per heavy atom. The second-order valence-electron chi connectivity index (χ2n) is 3.32. The van der Waals surface area contributed by atoms with E-state index in [9.17, 15) is 0 Å². The smallest absolute Gasteiger partial charge is 0.153 e. The molecule has 0 spiro atoms. The molecular weight excluding hydrogens is 226 g/mol. The van der Waals surface area contributed by atoms with Crippen molar-refractivity contribution in [3.63, 3.8) is 0 Å². The molecule has 6 heteroatoms. The van der Waals surface area contributed by atoms with Crippen molar-refractivity contribution in [2.75, 3.05) is 11.9 Å². The Morgan fingerprint density at radius 1 is 1.44 bits per heavy atom. The average molecular weight is 238 g/mol. The first-order valence-electron chi connectivity index (χ1n) is 5.04. The van der Waals surface area contributed by atoms with Crippen LogP contribution in [0.25, 0.3) is 0 Å². The fraction of sp³-hybridized carbons (Fsp3) is 0.300. The molecule has 2 rings (SSSR count). The topological polar surface area (TPSA) is 55.6 Å². The molecule has 2 heterocycles. The van der Waals surface area contributed by atoms with Crippen molar-refractivity contribution in [3.8, 4) is 0 Å². The van der Waals surface area contributed by atoms with E-state index in [4.69, 9.17) is 11.6 Å². The number of anilines is 1. The van der Waals surface area contributed by atoms with Gasteiger partial charge in [0.25, 0.3) is 0 Å². The van der Waals surface area contributed by atoms with Crippen LogP contribution in [0.3, 0.4) is 0 Å². The Labute approximate surface area is 98.5 Å². The highest BCUT2D eigenvalue weighted by Gasteiger charge is 1.95. The summed E-state index contributed by atoms with van der Waals surface area (Å²) in [6.07, 6.45) is 6.37. The zero-order valence-corrected chi connectivity index (χ0v) is 9.43. The average Bonchev–Trinajstić information content (AvgIpc) is 2.77. The number of hydrogen-bond donors (Lipinski definition) is 1. The van der Waals surface area contributed by atoms with E-state index < -0.39 is 0 Å². The molecule has 2 aromatic rings. The van der Waals surface area contributed by atoms with Crippen LogP contribution in [0.4, 0.5) is 5.69 Å². The minimum Gasteiger partial charge on any atom is -0.384 e. The number of hydrogen-bond acceptors (Lipinski definition) is 4. The van der Waals surface area contributed by atoms with Crippen molar-refractivity contribution in [1.82, 2.24) is 20.0 Å². The SMILES string of the molecule is Clc1cc(NCCCn2cccn2)cnn1. The predicted octanol–water partition coefficient (Wildman–Crippen LogP) is 1.83. The molecule has 0 unspecified atom stereocenters. The van der Waals surface area contributed by atoms with Gasteiger partial charge in [-0.3, -0.25) is 4.68 Å². The van der Waals surface area contributed by atoms with Gasteiger partial charge in [0.05, 0.1) is 11.9 Å². The summed E-state index contributed by atoms with van der Waals surface area (Å²) in [5.74, 6) is 0. The Hall–Kier alpha value is -1.62. The fourth-order valence-corrected chi connectivity index (χ4v) is 1.51. The van der Waals surface area contributed by atoms with E-state index in [2.05, 4.69) is 20.6 Å². The summed E-state index contributed by atoms with van der Waals surface area (Å²) in [6.45, 7) is 1.74. The number of aryl methyl sites for hydroxylation is 1. The highest BCUT2D eigenvalue weighted by molar-refractivity contribution is 6.29. The van der Waals surface area contributed by atoms with Crippen LogP contribution in [-0.4, -0.2) is 26.5 Å². The van der Waals surface area contributed by atoms with Crippen molar-refractivity contribution < 1.29 is 0 Å². The number of rotatable bonds is 5. The highest BCUT2D eigenvalue weighted by atomic mass is 35.5. The van der Waals surface area contributed by atoms with E-state index in [1.54, 1.807) is 18.5 Å². The maximum Gasteiger partial charge on any atom is 0.153 e. The zero-order valence-electron chi connectivity index (χ0n) is 8.67. The molecule has 0 bridgehead atoms. The lowest BCUT2D eigenvalue weighted by atomic mass is 10.4. The van der Waals surface area contributed by atoms with Crippen molar-refractivity contribution in [1.29, 1.82) is 0 Å². The van der Waals surface area contributed by atoms with Gasteiger partial charge in [0.15, 0.2) is 5.15 Å². The Bertz CT molecular complexity index is 429. The summed E-state index contributed by atoms with van der Waals surface area (Å²) in [5.41, 5.74) is 0.889. The summed E-state index contributed by atoms with van der Waals surface area (Å²) in [7, 11) is 0. The summed E-state index contributed by atoms with van der Waals surface area (Å²) in [6, 6.07) is 3.67. The van der Waals surface area contributed by atoms with Crippen molar-refractivity contribution >= 4 is 17.3 Å². The standard InChI is InChI=1S/C10H12ClN5/c11-10-7-9(8-13-15-10)12-3-1-5-16-6-2-4-14-16/h2,4,6-8H,1,3,5H2,(H,12,15). The highest BCUT2D eigenvalue weighted by Crippen LogP contribution is 2.09. The third-order valence-electron chi connectivity index (χ3n) is 2.08. The zero-order chi connectivity index (χ0) is 11.2. The first kappa shape index (κ1) is 10.9. The molecule has 0 aromatic carbocycles. The Kier molecular flexibility index (Phi) is 3.71. The third-order valence-corrected chi connectivity index (χ3v) is 2.26. The normalized spacial score (nSPS) is 10.3. The number of halogens is 1. The van der Waals surface area contributed by atoms with E-state index in [-0.39, 0.29) is 0 Å². The molecule has 0 fully saturated rings. The molecule has 1 N–H and O–H groups in total. The quantitative estimate of drug-likeness (QED) is 0.807. The monoisotopic (exact) mass is 237 g/mol. The molecule has 0 saturated carbocycles. The number of nitrogens with one attached hydrogen (secondary N) is 1. The van der Waals surface area contributed by atoms with Crippen molar-refractivity contribution in [3.05, 3.63) is 35.9 Å². The summed E-state index contributed by atoms with van der Waals surface area (Å²) >= 11 is 5.71.